The van der Waals surface area contributed by atoms with Crippen LogP contribution in [0.15, 0.2) is 60.8 Å². The lowest BCUT2D eigenvalue weighted by Crippen LogP contribution is -2.28. The lowest BCUT2D eigenvalue weighted by Gasteiger charge is -2.14. The number of rotatable bonds is 5. The van der Waals surface area contributed by atoms with E-state index in [2.05, 4.69) is 15.3 Å². The minimum Gasteiger partial charge on any atom is -0.349 e. The van der Waals surface area contributed by atoms with Crippen LogP contribution in [-0.4, -0.2) is 24.8 Å². The van der Waals surface area contributed by atoms with Crippen molar-refractivity contribution in [2.45, 2.75) is 19.4 Å². The van der Waals surface area contributed by atoms with Crippen molar-refractivity contribution >= 4 is 22.2 Å². The number of aromatic nitrogens is 4. The minimum absolute atomic E-state index is 0.0306. The zero-order chi connectivity index (χ0) is 17.2. The smallest absolute Gasteiger partial charge is 0.226 e. The highest BCUT2D eigenvalue weighted by Crippen LogP contribution is 2.16. The lowest BCUT2D eigenvalue weighted by molar-refractivity contribution is -0.121. The molecule has 126 valence electrons. The zero-order valence-corrected chi connectivity index (χ0v) is 14.5. The van der Waals surface area contributed by atoms with Gasteiger partial charge in [0.1, 0.15) is 0 Å². The minimum atomic E-state index is -0.0620. The maximum absolute atomic E-state index is 12.3. The van der Waals surface area contributed by atoms with Crippen molar-refractivity contribution in [3.05, 3.63) is 72.0 Å². The van der Waals surface area contributed by atoms with Crippen molar-refractivity contribution in [3.8, 4) is 5.69 Å². The first-order valence-corrected chi connectivity index (χ1v) is 8.86. The molecule has 0 aliphatic carbocycles. The number of carbonyl (C=O) groups is 1. The van der Waals surface area contributed by atoms with Gasteiger partial charge in [-0.3, -0.25) is 9.20 Å². The van der Waals surface area contributed by atoms with Crippen molar-refractivity contribution in [2.24, 2.45) is 0 Å². The van der Waals surface area contributed by atoms with Crippen LogP contribution in [0.25, 0.3) is 10.6 Å². The number of thiazole rings is 1. The molecule has 0 saturated carbocycles. The molecule has 25 heavy (non-hydrogen) atoms. The molecule has 7 heteroatoms. The summed E-state index contributed by atoms with van der Waals surface area (Å²) in [4.78, 5) is 21.7. The molecule has 1 N–H and O–H groups in total. The average molecular weight is 351 g/mol. The normalized spacial score (nSPS) is 12.4. The number of hydrogen-bond donors (Lipinski definition) is 1. The van der Waals surface area contributed by atoms with Gasteiger partial charge in [0, 0.05) is 35.9 Å². The van der Waals surface area contributed by atoms with E-state index < -0.39 is 0 Å². The van der Waals surface area contributed by atoms with Gasteiger partial charge in [-0.1, -0.05) is 12.1 Å². The summed E-state index contributed by atoms with van der Waals surface area (Å²) in [6.45, 7) is 1.98. The molecular formula is C18H17N5OS. The van der Waals surface area contributed by atoms with E-state index in [1.165, 1.54) is 0 Å². The maximum atomic E-state index is 12.3. The molecule has 1 unspecified atom stereocenters. The number of fused-ring (bicyclic) bond motifs is 1. The fraction of sp³-hybridized carbons (Fsp3) is 0.167. The zero-order valence-electron chi connectivity index (χ0n) is 13.7. The second kappa shape index (κ2) is 6.52. The van der Waals surface area contributed by atoms with Crippen LogP contribution in [0.3, 0.4) is 0 Å². The Labute approximate surface area is 148 Å². The van der Waals surface area contributed by atoms with Crippen LogP contribution in [0.2, 0.25) is 0 Å². The molecule has 6 nitrogen and oxygen atoms in total. The van der Waals surface area contributed by atoms with Gasteiger partial charge in [-0.2, -0.15) is 0 Å². The van der Waals surface area contributed by atoms with Gasteiger partial charge in [0.15, 0.2) is 4.96 Å². The van der Waals surface area contributed by atoms with E-state index >= 15 is 0 Å². The molecule has 4 rings (SSSR count). The topological polar surface area (TPSA) is 64.2 Å². The van der Waals surface area contributed by atoms with E-state index in [4.69, 9.17) is 0 Å². The van der Waals surface area contributed by atoms with Crippen LogP contribution in [-0.2, 0) is 11.2 Å². The van der Waals surface area contributed by atoms with Crippen LogP contribution in [0.4, 0.5) is 0 Å². The van der Waals surface area contributed by atoms with Gasteiger partial charge in [-0.25, -0.2) is 9.97 Å². The van der Waals surface area contributed by atoms with Crippen molar-refractivity contribution < 1.29 is 4.79 Å². The second-order valence-electron chi connectivity index (χ2n) is 5.85. The van der Waals surface area contributed by atoms with Gasteiger partial charge < -0.3 is 9.88 Å². The molecule has 0 spiro atoms. The maximum Gasteiger partial charge on any atom is 0.226 e. The highest BCUT2D eigenvalue weighted by Gasteiger charge is 2.12. The number of imidazole rings is 2. The van der Waals surface area contributed by atoms with Crippen LogP contribution < -0.4 is 5.32 Å². The van der Waals surface area contributed by atoms with Gasteiger partial charge >= 0.3 is 0 Å². The molecule has 0 radical (unpaired) electrons. The monoisotopic (exact) mass is 351 g/mol. The molecule has 0 bridgehead atoms. The fourth-order valence-electron chi connectivity index (χ4n) is 2.75. The number of benzene rings is 1. The van der Waals surface area contributed by atoms with Crippen LogP contribution in [0, 0.1) is 0 Å². The first-order valence-electron chi connectivity index (χ1n) is 7.98. The molecular weight excluding hydrogens is 334 g/mol. The summed E-state index contributed by atoms with van der Waals surface area (Å²) in [7, 11) is 0. The SMILES string of the molecule is CC(NC(=O)Cc1cn2ccsc2n1)c1ccc(-n2ccnc2)cc1. The molecule has 4 aromatic rings. The first-order chi connectivity index (χ1) is 12.2. The van der Waals surface area contributed by atoms with Gasteiger partial charge in [0.25, 0.3) is 0 Å². The van der Waals surface area contributed by atoms with Gasteiger partial charge in [0.05, 0.1) is 24.5 Å². The van der Waals surface area contributed by atoms with E-state index in [-0.39, 0.29) is 18.4 Å². The van der Waals surface area contributed by atoms with E-state index in [1.807, 2.05) is 64.1 Å². The third-order valence-electron chi connectivity index (χ3n) is 4.06. The number of carbonyl (C=O) groups excluding carboxylic acids is 1. The molecule has 1 atom stereocenters. The highest BCUT2D eigenvalue weighted by molar-refractivity contribution is 7.15. The quantitative estimate of drug-likeness (QED) is 0.601. The largest absolute Gasteiger partial charge is 0.349 e. The molecule has 3 heterocycles. The summed E-state index contributed by atoms with van der Waals surface area (Å²) in [5.74, 6) is -0.0306. The predicted octanol–water partition coefficient (Wildman–Crippen LogP) is 3.00. The Morgan fingerprint density at radius 1 is 1.28 bits per heavy atom. The molecule has 1 amide bonds. The Bertz CT molecular complexity index is 956. The number of nitrogens with one attached hydrogen (secondary N) is 1. The first kappa shape index (κ1) is 15.6. The Balaban J connectivity index is 1.39. The average Bonchev–Trinajstić information content (AvgIpc) is 3.32. The summed E-state index contributed by atoms with van der Waals surface area (Å²) in [5.41, 5.74) is 2.88. The summed E-state index contributed by atoms with van der Waals surface area (Å²) < 4.78 is 3.88. The van der Waals surface area contributed by atoms with Gasteiger partial charge in [-0.15, -0.1) is 11.3 Å². The molecule has 0 aliphatic heterocycles. The van der Waals surface area contributed by atoms with Crippen LogP contribution >= 0.6 is 11.3 Å². The summed E-state index contributed by atoms with van der Waals surface area (Å²) >= 11 is 1.56. The van der Waals surface area contributed by atoms with Crippen molar-refractivity contribution in [2.75, 3.05) is 0 Å². The molecule has 0 saturated heterocycles. The molecule has 0 aliphatic rings. The summed E-state index contributed by atoms with van der Waals surface area (Å²) in [5, 5.41) is 5.01. The second-order valence-corrected chi connectivity index (χ2v) is 6.73. The van der Waals surface area contributed by atoms with Gasteiger partial charge in [0.2, 0.25) is 5.91 Å². The Morgan fingerprint density at radius 3 is 2.84 bits per heavy atom. The fourth-order valence-corrected chi connectivity index (χ4v) is 3.47. The standard InChI is InChI=1S/C18H17N5OS/c1-13(14-2-4-16(5-3-14)23-7-6-19-12-23)20-17(24)10-15-11-22-8-9-25-18(22)21-15/h2-9,11-13H,10H2,1H3,(H,20,24). The van der Waals surface area contributed by atoms with Crippen molar-refractivity contribution in [3.63, 3.8) is 0 Å². The Morgan fingerprint density at radius 2 is 2.12 bits per heavy atom. The van der Waals surface area contributed by atoms with E-state index in [0.29, 0.717) is 0 Å². The predicted molar refractivity (Wildman–Crippen MR) is 96.9 cm³/mol. The Kier molecular flexibility index (Phi) is 4.07. The summed E-state index contributed by atoms with van der Waals surface area (Å²) in [6, 6.07) is 8.01. The molecule has 0 fully saturated rings. The van der Waals surface area contributed by atoms with Crippen molar-refractivity contribution in [1.82, 2.24) is 24.3 Å². The van der Waals surface area contributed by atoms with E-state index in [9.17, 15) is 4.79 Å². The molecule has 1 aromatic carbocycles. The van der Waals surface area contributed by atoms with E-state index in [0.717, 1.165) is 21.9 Å². The molecule has 3 aromatic heterocycles. The van der Waals surface area contributed by atoms with Crippen LogP contribution in [0.1, 0.15) is 24.2 Å². The lowest BCUT2D eigenvalue weighted by atomic mass is 10.1. The van der Waals surface area contributed by atoms with Crippen molar-refractivity contribution in [1.29, 1.82) is 0 Å². The van der Waals surface area contributed by atoms with Gasteiger partial charge in [-0.05, 0) is 24.6 Å². The summed E-state index contributed by atoms with van der Waals surface area (Å²) in [6.07, 6.45) is 9.53. The van der Waals surface area contributed by atoms with E-state index in [1.54, 1.807) is 23.9 Å². The Hall–Kier alpha value is -2.93. The number of amides is 1. The third-order valence-corrected chi connectivity index (χ3v) is 4.83. The number of hydrogen-bond acceptors (Lipinski definition) is 4. The number of nitrogens with zero attached hydrogens (tertiary/aromatic N) is 4. The van der Waals surface area contributed by atoms with Crippen LogP contribution in [0.5, 0.6) is 0 Å². The third kappa shape index (κ3) is 3.32. The highest BCUT2D eigenvalue weighted by atomic mass is 32.1.